The van der Waals surface area contributed by atoms with Crippen molar-refractivity contribution in [3.8, 4) is 0 Å². The number of carbonyl (C=O) groups excluding carboxylic acids is 1. The molecule has 3 fully saturated rings. The van der Waals surface area contributed by atoms with Crippen LogP contribution in [0.5, 0.6) is 0 Å². The third-order valence-corrected chi connectivity index (χ3v) is 10.3. The molecule has 1 spiro atoms. The Kier molecular flexibility index (Phi) is 3.67. The van der Waals surface area contributed by atoms with Gasteiger partial charge in [-0.15, -0.1) is 23.5 Å². The van der Waals surface area contributed by atoms with Crippen LogP contribution in [0.1, 0.15) is 44.1 Å². The van der Waals surface area contributed by atoms with E-state index in [9.17, 15) is 13.2 Å². The van der Waals surface area contributed by atoms with E-state index in [0.717, 1.165) is 17.1 Å². The average molecular weight is 397 g/mol. The van der Waals surface area contributed by atoms with Gasteiger partial charge < -0.3 is 0 Å². The molecule has 4 atom stereocenters. The van der Waals surface area contributed by atoms with E-state index in [1.807, 2.05) is 0 Å². The second-order valence-electron chi connectivity index (χ2n) is 7.46. The molecule has 8 heteroatoms. The van der Waals surface area contributed by atoms with Crippen molar-refractivity contribution in [1.82, 2.24) is 4.31 Å². The lowest BCUT2D eigenvalue weighted by atomic mass is 9.69. The van der Waals surface area contributed by atoms with Crippen molar-refractivity contribution in [1.29, 1.82) is 0 Å². The van der Waals surface area contributed by atoms with E-state index in [1.54, 1.807) is 12.5 Å². The highest BCUT2D eigenvalue weighted by Crippen LogP contribution is 2.70. The van der Waals surface area contributed by atoms with E-state index in [0.29, 0.717) is 16.7 Å². The van der Waals surface area contributed by atoms with Gasteiger partial charge >= 0.3 is 0 Å². The molecule has 1 amide bonds. The Hall–Kier alpha value is -0.210. The highest BCUT2D eigenvalue weighted by Gasteiger charge is 2.72. The summed E-state index contributed by atoms with van der Waals surface area (Å²) in [5.41, 5.74) is -0.654. The number of hydrogen-bond acceptors (Lipinski definition) is 6. The SMILES string of the molecule is [2H]C([2H])([2H])[13C@@H]([15N]=C(SC)SC)[13C](=O)N1[C@@H]2C[C@H]3CC[C@]2(CS1(=O)=O)C3(C)C. The zero-order chi connectivity index (χ0) is 20.4. The smallest absolute Gasteiger partial charge is 0.260 e. The lowest BCUT2D eigenvalue weighted by molar-refractivity contribution is -0.129. The van der Waals surface area contributed by atoms with Crippen LogP contribution in [-0.4, -0.2) is 53.4 Å². The first kappa shape index (κ1) is 14.9. The van der Waals surface area contributed by atoms with Gasteiger partial charge in [-0.05, 0) is 50.0 Å². The van der Waals surface area contributed by atoms with E-state index in [-0.39, 0.29) is 11.2 Å². The minimum Gasteiger partial charge on any atom is -0.271 e. The Morgan fingerprint density at radius 3 is 2.58 bits per heavy atom. The van der Waals surface area contributed by atoms with Gasteiger partial charge in [-0.2, -0.15) is 0 Å². The van der Waals surface area contributed by atoms with Crippen LogP contribution in [0.15, 0.2) is 4.99 Å². The summed E-state index contributed by atoms with van der Waals surface area (Å²) in [6.07, 6.45) is 5.84. The summed E-state index contributed by atoms with van der Waals surface area (Å²) < 4.78 is 50.7. The van der Waals surface area contributed by atoms with Gasteiger partial charge in [-0.25, -0.2) is 12.7 Å². The van der Waals surface area contributed by atoms with Crippen molar-refractivity contribution in [3.05, 3.63) is 0 Å². The molecule has 1 saturated heterocycles. The number of amides is 1. The number of hydrogen-bond donors (Lipinski definition) is 0. The Balaban J connectivity index is 2.04. The molecular formula is C16H26N2O3S3. The maximum absolute atomic E-state index is 13.3. The second kappa shape index (κ2) is 5.91. The van der Waals surface area contributed by atoms with Crippen LogP contribution in [0.4, 0.5) is 0 Å². The van der Waals surface area contributed by atoms with Crippen molar-refractivity contribution in [2.45, 2.75) is 52.0 Å². The molecule has 2 bridgehead atoms. The predicted octanol–water partition coefficient (Wildman–Crippen LogP) is 2.82. The monoisotopic (exact) mass is 396 g/mol. The number of fused-ring (bicyclic) bond motifs is 1. The van der Waals surface area contributed by atoms with Crippen LogP contribution >= 0.6 is 23.5 Å². The fourth-order valence-corrected chi connectivity index (χ4v) is 8.69. The van der Waals surface area contributed by atoms with Crippen LogP contribution in [0.25, 0.3) is 0 Å². The number of sulfonamides is 1. The van der Waals surface area contributed by atoms with Crippen LogP contribution in [0, 0.1) is 16.7 Å². The van der Waals surface area contributed by atoms with E-state index in [2.05, 4.69) is 18.8 Å². The molecule has 1 aliphatic heterocycles. The number of rotatable bonds is 2. The molecule has 0 aromatic carbocycles. The first-order valence-electron chi connectivity index (χ1n) is 9.53. The summed E-state index contributed by atoms with van der Waals surface area (Å²) in [6.45, 7) is 1.48. The Morgan fingerprint density at radius 1 is 1.38 bits per heavy atom. The average Bonchev–Trinajstić information content (AvgIpc) is 3.01. The Morgan fingerprint density at radius 2 is 2.04 bits per heavy atom. The van der Waals surface area contributed by atoms with Gasteiger partial charge in [0.25, 0.3) is 5.91 Å². The molecule has 0 radical (unpaired) electrons. The van der Waals surface area contributed by atoms with Gasteiger partial charge in [-0.1, -0.05) is 13.8 Å². The molecule has 136 valence electrons. The standard InChI is InChI=1S/C16H26N2O3S3/c1-10(17-14(22-4)23-5)13(19)18-12-8-11-6-7-16(12,15(11,2)3)9-24(18,20)21/h10-12H,6-9H2,1-5H3/t10-,11-,12-,16-/m1/s1/i1D3,10+1,13+1,17+1. The third kappa shape index (κ3) is 2.39. The number of carbonyl (C=O) groups is 1. The fourth-order valence-electron chi connectivity index (χ4n) is 5.05. The number of aliphatic imine (C=N–C) groups is 1. The van der Waals surface area contributed by atoms with Gasteiger partial charge in [0.05, 0.1) is 11.8 Å². The topological polar surface area (TPSA) is 66.8 Å². The first-order valence-corrected chi connectivity index (χ1v) is 12.1. The molecule has 1 heterocycles. The second-order valence-corrected chi connectivity index (χ2v) is 11.2. The summed E-state index contributed by atoms with van der Waals surface area (Å²) in [5.74, 6) is -0.619. The van der Waals surface area contributed by atoms with Crippen LogP contribution in [0.3, 0.4) is 0 Å². The van der Waals surface area contributed by atoms with Gasteiger partial charge in [0.15, 0.2) is 0 Å². The molecular weight excluding hydrogens is 367 g/mol. The van der Waals surface area contributed by atoms with Crippen LogP contribution < -0.4 is 0 Å². The van der Waals surface area contributed by atoms with Crippen LogP contribution in [0.2, 0.25) is 0 Å². The molecule has 2 saturated carbocycles. The number of nitrogens with zero attached hydrogens (tertiary/aromatic N) is 2. The molecule has 0 aromatic rings. The summed E-state index contributed by atoms with van der Waals surface area (Å²) >= 11 is 2.49. The lowest BCUT2D eigenvalue weighted by Gasteiger charge is -2.37. The molecule has 3 aliphatic rings. The normalized spacial score (nSPS) is 38.8. The Labute approximate surface area is 157 Å². The number of thioether (sulfide) groups is 2. The van der Waals surface area contributed by atoms with E-state index < -0.39 is 40.3 Å². The van der Waals surface area contributed by atoms with Crippen molar-refractivity contribution in [2.24, 2.45) is 21.7 Å². The summed E-state index contributed by atoms with van der Waals surface area (Å²) in [5, 5.41) is 0. The highest BCUT2D eigenvalue weighted by molar-refractivity contribution is 8.38. The van der Waals surface area contributed by atoms with Crippen molar-refractivity contribution in [3.63, 3.8) is 0 Å². The fraction of sp³-hybridized carbons (Fsp3) is 0.875. The van der Waals surface area contributed by atoms with Gasteiger partial charge in [0, 0.05) is 9.53 Å². The summed E-state index contributed by atoms with van der Waals surface area (Å²) in [6, 6.07) is -2.14. The van der Waals surface area contributed by atoms with E-state index in [4.69, 9.17) is 4.11 Å². The van der Waals surface area contributed by atoms with Crippen LogP contribution in [-0.2, 0) is 14.8 Å². The molecule has 3 rings (SSSR count). The molecule has 0 aromatic heterocycles. The molecule has 24 heavy (non-hydrogen) atoms. The predicted molar refractivity (Wildman–Crippen MR) is 102 cm³/mol. The maximum Gasteiger partial charge on any atom is 0.260 e. The zero-order valence-electron chi connectivity index (χ0n) is 17.4. The van der Waals surface area contributed by atoms with E-state index >= 15 is 0 Å². The lowest BCUT2D eigenvalue weighted by Crippen LogP contribution is -2.46. The maximum atomic E-state index is 13.3. The summed E-state index contributed by atoms with van der Waals surface area (Å²) in [7, 11) is -3.86. The third-order valence-electron chi connectivity index (χ3n) is 6.45. The van der Waals surface area contributed by atoms with Crippen molar-refractivity contribution < 1.29 is 17.3 Å². The Bertz CT molecular complexity index is 776. The van der Waals surface area contributed by atoms with Gasteiger partial charge in [-0.3, -0.25) is 9.79 Å². The van der Waals surface area contributed by atoms with Gasteiger partial charge in [0.2, 0.25) is 10.0 Å². The minimum atomic E-state index is -3.86. The quantitative estimate of drug-likeness (QED) is 0.311. The minimum absolute atomic E-state index is 0.0742. The molecule has 5 nitrogen and oxygen atoms in total. The zero-order valence-corrected chi connectivity index (χ0v) is 16.9. The summed E-state index contributed by atoms with van der Waals surface area (Å²) in [4.78, 5) is 17.4. The largest absolute Gasteiger partial charge is 0.271 e. The van der Waals surface area contributed by atoms with E-state index in [1.165, 1.54) is 23.5 Å². The molecule has 0 N–H and O–H groups in total. The molecule has 0 unspecified atom stereocenters. The van der Waals surface area contributed by atoms with Crippen molar-refractivity contribution in [2.75, 3.05) is 18.3 Å². The molecule has 2 aliphatic carbocycles. The highest BCUT2D eigenvalue weighted by atomic mass is 32.2. The van der Waals surface area contributed by atoms with Crippen molar-refractivity contribution >= 4 is 43.8 Å². The van der Waals surface area contributed by atoms with Gasteiger partial charge in [0.1, 0.15) is 10.4 Å². The first-order chi connectivity index (χ1) is 12.3.